The minimum absolute atomic E-state index is 0.125. The monoisotopic (exact) mass is 568 g/mol. The average molecular weight is 569 g/mol. The number of hydrogen-bond donors (Lipinski definition) is 0. The van der Waals surface area contributed by atoms with E-state index in [0.717, 1.165) is 22.6 Å². The van der Waals surface area contributed by atoms with Gasteiger partial charge in [0.15, 0.2) is 0 Å². The number of carbonyl (C=O) groups is 1. The summed E-state index contributed by atoms with van der Waals surface area (Å²) in [6.07, 6.45) is -8.13. The fraction of sp³-hybridized carbons (Fsp3) is 0.438. The number of hydrogen-bond acceptors (Lipinski definition) is 2. The molecule has 13 heteroatoms. The third kappa shape index (κ3) is 6.15. The summed E-state index contributed by atoms with van der Waals surface area (Å²) in [5.74, 6) is -20.2. The van der Waals surface area contributed by atoms with Crippen molar-refractivity contribution in [3.63, 3.8) is 0 Å². The third-order valence-corrected chi connectivity index (χ3v) is 4.48. The van der Waals surface area contributed by atoms with Crippen molar-refractivity contribution in [3.05, 3.63) is 44.5 Å². The van der Waals surface area contributed by atoms with Gasteiger partial charge in [-0.3, -0.25) is 0 Å². The minimum Gasteiger partial charge on any atom is -0.462 e. The molecular weight excluding hydrogens is 558 g/mol. The molecule has 0 aromatic heterocycles. The lowest BCUT2D eigenvalue weighted by Crippen LogP contribution is -2.60. The number of allylic oxidation sites excluding steroid dienone is 2. The normalized spacial score (nSPS) is 14.1. The first-order valence-electron chi connectivity index (χ1n) is 7.53. The van der Waals surface area contributed by atoms with Crippen LogP contribution in [0, 0.1) is 0 Å². The highest BCUT2D eigenvalue weighted by Gasteiger charge is 2.81. The molecule has 0 atom stereocenters. The van der Waals surface area contributed by atoms with E-state index in [4.69, 9.17) is 16.3 Å². The maximum absolute atomic E-state index is 13.5. The molecule has 164 valence electrons. The van der Waals surface area contributed by atoms with Gasteiger partial charge in [0, 0.05) is 11.1 Å². The Balaban J connectivity index is 2.69. The van der Waals surface area contributed by atoms with Gasteiger partial charge in [0.1, 0.15) is 0 Å². The number of ether oxygens (including phenoxy) is 1. The van der Waals surface area contributed by atoms with Gasteiger partial charge in [0.05, 0.1) is 12.2 Å². The standard InChI is InChI=1S/C16H11ClF9IO2/c17-10-5-3-9(4-6-10)12(28)29-7-1-2-11(27)8-13(18,19)14(20,21)15(22,23)16(24,25)26/h3-6,8H,1-2,7H2/b11-8+. The van der Waals surface area contributed by atoms with Crippen molar-refractivity contribution in [3.8, 4) is 0 Å². The zero-order chi connectivity index (χ0) is 22.7. The predicted octanol–water partition coefficient (Wildman–Crippen LogP) is 7.06. The number of halogens is 11. The molecule has 0 spiro atoms. The molecule has 0 bridgehead atoms. The summed E-state index contributed by atoms with van der Waals surface area (Å²) >= 11 is 6.73. The van der Waals surface area contributed by atoms with Crippen molar-refractivity contribution < 1.29 is 49.0 Å². The highest BCUT2D eigenvalue weighted by Crippen LogP contribution is 2.53. The summed E-state index contributed by atoms with van der Waals surface area (Å²) in [5.41, 5.74) is 0.125. The predicted molar refractivity (Wildman–Crippen MR) is 94.0 cm³/mol. The minimum atomic E-state index is -6.94. The number of alkyl halides is 9. The SMILES string of the molecule is O=C(OCCC/C(I)=C\C(F)(F)C(F)(F)C(F)(F)C(F)(F)F)c1ccc(Cl)cc1. The molecule has 0 unspecified atom stereocenters. The fourth-order valence-corrected chi connectivity index (χ4v) is 2.72. The van der Waals surface area contributed by atoms with E-state index in [-0.39, 0.29) is 18.6 Å². The number of benzene rings is 1. The molecule has 0 fully saturated rings. The Morgan fingerprint density at radius 3 is 1.97 bits per heavy atom. The Bertz CT molecular complexity index is 746. The topological polar surface area (TPSA) is 26.3 Å². The Labute approximate surface area is 177 Å². The zero-order valence-electron chi connectivity index (χ0n) is 14.0. The molecule has 0 amide bonds. The van der Waals surface area contributed by atoms with Gasteiger partial charge in [-0.25, -0.2) is 4.79 Å². The second-order valence-corrected chi connectivity index (χ2v) is 7.43. The smallest absolute Gasteiger partial charge is 0.460 e. The summed E-state index contributed by atoms with van der Waals surface area (Å²) in [4.78, 5) is 11.7. The highest BCUT2D eigenvalue weighted by atomic mass is 127. The van der Waals surface area contributed by atoms with Crippen molar-refractivity contribution in [2.75, 3.05) is 6.61 Å². The van der Waals surface area contributed by atoms with Crippen LogP contribution in [0.15, 0.2) is 33.9 Å². The van der Waals surface area contributed by atoms with E-state index in [2.05, 4.69) is 0 Å². The van der Waals surface area contributed by atoms with Crippen molar-refractivity contribution in [1.29, 1.82) is 0 Å². The molecule has 0 aliphatic carbocycles. The molecule has 1 rings (SSSR count). The van der Waals surface area contributed by atoms with Crippen LogP contribution in [0.25, 0.3) is 0 Å². The van der Waals surface area contributed by atoms with E-state index in [1.54, 1.807) is 0 Å². The Morgan fingerprint density at radius 2 is 1.48 bits per heavy atom. The quantitative estimate of drug-likeness (QED) is 0.145. The van der Waals surface area contributed by atoms with Gasteiger partial charge >= 0.3 is 29.9 Å². The third-order valence-electron chi connectivity index (χ3n) is 3.38. The largest absolute Gasteiger partial charge is 0.462 e. The molecule has 0 saturated carbocycles. The van der Waals surface area contributed by atoms with Crippen molar-refractivity contribution >= 4 is 40.2 Å². The first-order valence-corrected chi connectivity index (χ1v) is 8.98. The van der Waals surface area contributed by atoms with Gasteiger partial charge in [-0.15, -0.1) is 0 Å². The first-order chi connectivity index (χ1) is 13.0. The number of rotatable bonds is 8. The molecule has 1 aromatic carbocycles. The summed E-state index contributed by atoms with van der Waals surface area (Å²) in [7, 11) is 0. The van der Waals surface area contributed by atoms with Gasteiger partial charge in [0.25, 0.3) is 0 Å². The Morgan fingerprint density at radius 1 is 0.966 bits per heavy atom. The first kappa shape index (κ1) is 25.9. The maximum Gasteiger partial charge on any atom is 0.460 e. The second-order valence-electron chi connectivity index (χ2n) is 5.61. The van der Waals surface area contributed by atoms with Crippen LogP contribution in [0.1, 0.15) is 23.2 Å². The maximum atomic E-state index is 13.5. The van der Waals surface area contributed by atoms with Gasteiger partial charge in [-0.2, -0.15) is 39.5 Å². The van der Waals surface area contributed by atoms with Crippen LogP contribution >= 0.6 is 34.2 Å². The molecule has 2 nitrogen and oxygen atoms in total. The van der Waals surface area contributed by atoms with Crippen LogP contribution in [0.2, 0.25) is 5.02 Å². The van der Waals surface area contributed by atoms with E-state index in [1.165, 1.54) is 24.3 Å². The van der Waals surface area contributed by atoms with E-state index in [0.29, 0.717) is 5.02 Å². The Kier molecular flexibility index (Phi) is 8.30. The summed E-state index contributed by atoms with van der Waals surface area (Å²) in [5, 5.41) is 0.357. The summed E-state index contributed by atoms with van der Waals surface area (Å²) < 4.78 is 119. The van der Waals surface area contributed by atoms with Crippen LogP contribution in [0.5, 0.6) is 0 Å². The lowest BCUT2D eigenvalue weighted by Gasteiger charge is -2.32. The molecular formula is C16H11ClF9IO2. The van der Waals surface area contributed by atoms with Gasteiger partial charge in [0.2, 0.25) is 0 Å². The number of esters is 1. The molecule has 0 N–H and O–H groups in total. The summed E-state index contributed by atoms with van der Waals surface area (Å²) in [6, 6.07) is 5.50. The molecule has 0 saturated heterocycles. The fourth-order valence-electron chi connectivity index (χ4n) is 1.82. The summed E-state index contributed by atoms with van der Waals surface area (Å²) in [6.45, 7) is -0.345. The van der Waals surface area contributed by atoms with Gasteiger partial charge in [-0.1, -0.05) is 11.6 Å². The highest BCUT2D eigenvalue weighted by molar-refractivity contribution is 14.1. The Hall–Kier alpha value is -1.18. The van der Waals surface area contributed by atoms with E-state index >= 15 is 0 Å². The van der Waals surface area contributed by atoms with Crippen molar-refractivity contribution in [2.24, 2.45) is 0 Å². The molecule has 1 aromatic rings. The van der Waals surface area contributed by atoms with Crippen molar-refractivity contribution in [1.82, 2.24) is 0 Å². The van der Waals surface area contributed by atoms with Crippen LogP contribution in [0.3, 0.4) is 0 Å². The van der Waals surface area contributed by atoms with Crippen LogP contribution < -0.4 is 0 Å². The van der Waals surface area contributed by atoms with Crippen LogP contribution in [-0.4, -0.2) is 36.5 Å². The lowest BCUT2D eigenvalue weighted by atomic mass is 10.0. The van der Waals surface area contributed by atoms with Crippen LogP contribution in [-0.2, 0) is 4.74 Å². The van der Waals surface area contributed by atoms with Crippen LogP contribution in [0.4, 0.5) is 39.5 Å². The average Bonchev–Trinajstić information content (AvgIpc) is 2.57. The molecule has 0 aliphatic rings. The van der Waals surface area contributed by atoms with Gasteiger partial charge < -0.3 is 4.74 Å². The molecule has 0 heterocycles. The molecule has 0 radical (unpaired) electrons. The number of carbonyl (C=O) groups excluding carboxylic acids is 1. The van der Waals surface area contributed by atoms with Gasteiger partial charge in [-0.05, 0) is 63.3 Å². The van der Waals surface area contributed by atoms with Crippen molar-refractivity contribution in [2.45, 2.75) is 36.8 Å². The molecule has 0 aliphatic heterocycles. The lowest BCUT2D eigenvalue weighted by molar-refractivity contribution is -0.388. The molecule has 29 heavy (non-hydrogen) atoms. The van der Waals surface area contributed by atoms with E-state index in [9.17, 15) is 44.3 Å². The van der Waals surface area contributed by atoms with E-state index in [1.807, 2.05) is 0 Å². The van der Waals surface area contributed by atoms with E-state index < -0.39 is 46.0 Å². The second kappa shape index (κ2) is 9.31. The zero-order valence-corrected chi connectivity index (χ0v) is 16.9.